The van der Waals surface area contributed by atoms with E-state index in [-0.39, 0.29) is 6.04 Å². The van der Waals surface area contributed by atoms with E-state index < -0.39 is 0 Å². The van der Waals surface area contributed by atoms with Crippen LogP contribution in [0.1, 0.15) is 37.6 Å². The van der Waals surface area contributed by atoms with Gasteiger partial charge in [-0.15, -0.1) is 0 Å². The highest BCUT2D eigenvalue weighted by Crippen LogP contribution is 2.13. The van der Waals surface area contributed by atoms with Crippen LogP contribution in [-0.4, -0.2) is 10.2 Å². The lowest BCUT2D eigenvalue weighted by Crippen LogP contribution is -2.06. The maximum absolute atomic E-state index is 5.73. The maximum Gasteiger partial charge on any atom is 0.0537 e. The fourth-order valence-electron chi connectivity index (χ4n) is 1.16. The molecule has 0 fully saturated rings. The van der Waals surface area contributed by atoms with Crippen molar-refractivity contribution in [2.24, 2.45) is 5.73 Å². The van der Waals surface area contributed by atoms with E-state index in [9.17, 15) is 0 Å². The van der Waals surface area contributed by atoms with Gasteiger partial charge in [0.1, 0.15) is 0 Å². The minimum atomic E-state index is 0.0929. The highest BCUT2D eigenvalue weighted by atomic mass is 15.1. The van der Waals surface area contributed by atoms with Gasteiger partial charge in [-0.3, -0.25) is 5.10 Å². The third kappa shape index (κ3) is 1.80. The Morgan fingerprint density at radius 1 is 1.73 bits per heavy atom. The summed E-state index contributed by atoms with van der Waals surface area (Å²) in [5.41, 5.74) is 8.06. The molecule has 0 aliphatic heterocycles. The Balaban J connectivity index is 2.78. The summed E-state index contributed by atoms with van der Waals surface area (Å²) in [7, 11) is 0. The average Bonchev–Trinajstić information content (AvgIpc) is 2.36. The zero-order valence-electron chi connectivity index (χ0n) is 7.09. The number of nitrogens with one attached hydrogen (secondary N) is 1. The van der Waals surface area contributed by atoms with Gasteiger partial charge in [-0.1, -0.05) is 13.3 Å². The third-order valence-corrected chi connectivity index (χ3v) is 1.74. The van der Waals surface area contributed by atoms with Crippen molar-refractivity contribution in [2.75, 3.05) is 0 Å². The van der Waals surface area contributed by atoms with Crippen LogP contribution in [0.4, 0.5) is 0 Å². The molecule has 1 unspecified atom stereocenters. The van der Waals surface area contributed by atoms with Crippen molar-refractivity contribution in [3.63, 3.8) is 0 Å². The lowest BCUT2D eigenvalue weighted by Gasteiger charge is -2.03. The summed E-state index contributed by atoms with van der Waals surface area (Å²) < 4.78 is 0. The van der Waals surface area contributed by atoms with Crippen LogP contribution in [0.3, 0.4) is 0 Å². The van der Waals surface area contributed by atoms with E-state index in [0.717, 1.165) is 18.4 Å². The Hall–Kier alpha value is -0.830. The van der Waals surface area contributed by atoms with E-state index in [1.807, 2.05) is 13.1 Å². The summed E-state index contributed by atoms with van der Waals surface area (Å²) in [5, 5.41) is 6.91. The van der Waals surface area contributed by atoms with Crippen LogP contribution >= 0.6 is 0 Å². The van der Waals surface area contributed by atoms with Crippen LogP contribution in [0.5, 0.6) is 0 Å². The number of aryl methyl sites for hydroxylation is 1. The molecule has 3 N–H and O–H groups in total. The number of aromatic nitrogens is 2. The van der Waals surface area contributed by atoms with Crippen molar-refractivity contribution in [3.05, 3.63) is 17.5 Å². The monoisotopic (exact) mass is 153 g/mol. The molecule has 62 valence electrons. The van der Waals surface area contributed by atoms with Crippen LogP contribution in [0.25, 0.3) is 0 Å². The minimum absolute atomic E-state index is 0.0929. The second-order valence-electron chi connectivity index (χ2n) is 2.84. The fraction of sp³-hybridized carbons (Fsp3) is 0.625. The smallest absolute Gasteiger partial charge is 0.0537 e. The van der Waals surface area contributed by atoms with Gasteiger partial charge in [0.05, 0.1) is 6.20 Å². The van der Waals surface area contributed by atoms with E-state index in [1.165, 1.54) is 5.69 Å². The van der Waals surface area contributed by atoms with Crippen LogP contribution < -0.4 is 5.73 Å². The second-order valence-corrected chi connectivity index (χ2v) is 2.84. The number of H-pyrrole nitrogens is 1. The third-order valence-electron chi connectivity index (χ3n) is 1.74. The Kier molecular flexibility index (Phi) is 2.65. The summed E-state index contributed by atoms with van der Waals surface area (Å²) in [4.78, 5) is 0. The molecule has 0 aliphatic carbocycles. The van der Waals surface area contributed by atoms with Crippen molar-refractivity contribution in [1.29, 1.82) is 0 Å². The van der Waals surface area contributed by atoms with E-state index in [2.05, 4.69) is 17.1 Å². The van der Waals surface area contributed by atoms with Crippen LogP contribution in [0.2, 0.25) is 0 Å². The highest BCUT2D eigenvalue weighted by Gasteiger charge is 2.06. The van der Waals surface area contributed by atoms with Crippen LogP contribution in [-0.2, 0) is 6.42 Å². The lowest BCUT2D eigenvalue weighted by molar-refractivity contribution is 0.780. The molecule has 1 atom stereocenters. The molecular formula is C8H15N3. The van der Waals surface area contributed by atoms with E-state index >= 15 is 0 Å². The maximum atomic E-state index is 5.73. The normalized spacial score (nSPS) is 13.4. The molecule has 1 aromatic heterocycles. The van der Waals surface area contributed by atoms with Gasteiger partial charge in [0, 0.05) is 17.3 Å². The van der Waals surface area contributed by atoms with Gasteiger partial charge < -0.3 is 5.73 Å². The molecule has 0 aromatic carbocycles. The standard InChI is InChI=1S/C8H15N3/c1-3-4-8-7(6(2)9)5-10-11-8/h5-6H,3-4,9H2,1-2H3,(H,10,11). The zero-order chi connectivity index (χ0) is 8.27. The van der Waals surface area contributed by atoms with Gasteiger partial charge in [0.15, 0.2) is 0 Å². The summed E-state index contributed by atoms with van der Waals surface area (Å²) in [6.07, 6.45) is 3.98. The summed E-state index contributed by atoms with van der Waals surface area (Å²) in [6.45, 7) is 4.12. The molecular weight excluding hydrogens is 138 g/mol. The van der Waals surface area contributed by atoms with Gasteiger partial charge in [0.25, 0.3) is 0 Å². The van der Waals surface area contributed by atoms with E-state index in [1.54, 1.807) is 0 Å². The van der Waals surface area contributed by atoms with Crippen molar-refractivity contribution >= 4 is 0 Å². The van der Waals surface area contributed by atoms with Crippen molar-refractivity contribution in [1.82, 2.24) is 10.2 Å². The number of rotatable bonds is 3. The Bertz CT molecular complexity index is 215. The average molecular weight is 153 g/mol. The minimum Gasteiger partial charge on any atom is -0.324 e. The number of hydrogen-bond donors (Lipinski definition) is 2. The number of nitrogens with zero attached hydrogens (tertiary/aromatic N) is 1. The van der Waals surface area contributed by atoms with Gasteiger partial charge in [-0.2, -0.15) is 5.10 Å². The second kappa shape index (κ2) is 3.53. The predicted molar refractivity (Wildman–Crippen MR) is 45.2 cm³/mol. The molecule has 0 bridgehead atoms. The van der Waals surface area contributed by atoms with Gasteiger partial charge in [0.2, 0.25) is 0 Å². The van der Waals surface area contributed by atoms with E-state index in [4.69, 9.17) is 5.73 Å². The Morgan fingerprint density at radius 3 is 3.00 bits per heavy atom. The zero-order valence-corrected chi connectivity index (χ0v) is 7.09. The molecule has 0 saturated carbocycles. The first-order valence-electron chi connectivity index (χ1n) is 4.03. The largest absolute Gasteiger partial charge is 0.324 e. The molecule has 11 heavy (non-hydrogen) atoms. The lowest BCUT2D eigenvalue weighted by atomic mass is 10.1. The predicted octanol–water partition coefficient (Wildman–Crippen LogP) is 1.38. The molecule has 0 aliphatic rings. The fourth-order valence-corrected chi connectivity index (χ4v) is 1.16. The molecule has 0 spiro atoms. The molecule has 3 nitrogen and oxygen atoms in total. The number of aromatic amines is 1. The molecule has 3 heteroatoms. The van der Waals surface area contributed by atoms with Crippen LogP contribution in [0.15, 0.2) is 6.20 Å². The first kappa shape index (κ1) is 8.27. The number of hydrogen-bond acceptors (Lipinski definition) is 2. The highest BCUT2D eigenvalue weighted by molar-refractivity contribution is 5.19. The SMILES string of the molecule is CCCc1[nH]ncc1C(C)N. The number of nitrogens with two attached hydrogens (primary N) is 1. The quantitative estimate of drug-likeness (QED) is 0.689. The van der Waals surface area contributed by atoms with Gasteiger partial charge >= 0.3 is 0 Å². The molecule has 1 aromatic rings. The topological polar surface area (TPSA) is 54.7 Å². The Labute approximate surface area is 67.0 Å². The van der Waals surface area contributed by atoms with E-state index in [0.29, 0.717) is 0 Å². The molecule has 0 radical (unpaired) electrons. The first-order valence-corrected chi connectivity index (χ1v) is 4.03. The summed E-state index contributed by atoms with van der Waals surface area (Å²) in [5.74, 6) is 0. The van der Waals surface area contributed by atoms with Crippen molar-refractivity contribution in [3.8, 4) is 0 Å². The molecule has 1 heterocycles. The Morgan fingerprint density at radius 2 is 2.45 bits per heavy atom. The van der Waals surface area contributed by atoms with Gasteiger partial charge in [-0.25, -0.2) is 0 Å². The summed E-state index contributed by atoms with van der Waals surface area (Å²) in [6, 6.07) is 0.0929. The van der Waals surface area contributed by atoms with Crippen molar-refractivity contribution in [2.45, 2.75) is 32.7 Å². The van der Waals surface area contributed by atoms with Gasteiger partial charge in [-0.05, 0) is 13.3 Å². The first-order chi connectivity index (χ1) is 5.25. The van der Waals surface area contributed by atoms with Crippen molar-refractivity contribution < 1.29 is 0 Å². The molecule has 1 rings (SSSR count). The van der Waals surface area contributed by atoms with Crippen LogP contribution in [0, 0.1) is 0 Å². The summed E-state index contributed by atoms with van der Waals surface area (Å²) >= 11 is 0. The molecule has 0 amide bonds. The molecule has 0 saturated heterocycles.